The second kappa shape index (κ2) is 11.8. The number of hydrogen-bond acceptors (Lipinski definition) is 7. The van der Waals surface area contributed by atoms with Gasteiger partial charge in [0.25, 0.3) is 0 Å². The summed E-state index contributed by atoms with van der Waals surface area (Å²) in [6, 6.07) is 12.6. The van der Waals surface area contributed by atoms with E-state index in [9.17, 15) is 10.1 Å². The van der Waals surface area contributed by atoms with Gasteiger partial charge in [-0.1, -0.05) is 31.7 Å². The summed E-state index contributed by atoms with van der Waals surface area (Å²) in [5, 5.41) is 17.4. The van der Waals surface area contributed by atoms with Crippen LogP contribution in [0.1, 0.15) is 30.0 Å². The zero-order valence-electron chi connectivity index (χ0n) is 24.2. The molecule has 0 radical (unpaired) electrons. The second-order valence-corrected chi connectivity index (χ2v) is 10.6. The topological polar surface area (TPSA) is 102 Å². The van der Waals surface area contributed by atoms with Crippen LogP contribution in [0.5, 0.6) is 0 Å². The molecule has 0 bridgehead atoms. The number of benzene rings is 2. The van der Waals surface area contributed by atoms with Crippen molar-refractivity contribution in [2.75, 3.05) is 49.8 Å². The van der Waals surface area contributed by atoms with E-state index in [1.165, 1.54) is 17.2 Å². The second-order valence-electron chi connectivity index (χ2n) is 10.6. The van der Waals surface area contributed by atoms with E-state index in [-0.39, 0.29) is 5.91 Å². The SMILES string of the molecule is C=CC(=O)Nc1cc(Nc2ncc(C#N)c(-c3cn4c5c(cccc35)CCC4)n2)c(CC)cc1N(C)CCN(C)C. The molecule has 2 aromatic carbocycles. The van der Waals surface area contributed by atoms with Crippen LogP contribution in [0.25, 0.3) is 22.2 Å². The Kier molecular flexibility index (Phi) is 8.04. The van der Waals surface area contributed by atoms with Crippen LogP contribution in [-0.2, 0) is 24.2 Å². The zero-order chi connectivity index (χ0) is 29.1. The highest BCUT2D eigenvalue weighted by Gasteiger charge is 2.21. The Morgan fingerprint density at radius 1 is 1.22 bits per heavy atom. The smallest absolute Gasteiger partial charge is 0.247 e. The molecule has 2 aromatic heterocycles. The predicted molar refractivity (Wildman–Crippen MR) is 166 cm³/mol. The molecule has 1 amide bonds. The van der Waals surface area contributed by atoms with Crippen molar-refractivity contribution in [1.82, 2.24) is 19.4 Å². The third-order valence-electron chi connectivity index (χ3n) is 7.58. The summed E-state index contributed by atoms with van der Waals surface area (Å²) in [7, 11) is 6.09. The molecule has 5 rings (SSSR count). The number of nitriles is 1. The van der Waals surface area contributed by atoms with Crippen LogP contribution < -0.4 is 15.5 Å². The van der Waals surface area contributed by atoms with Crippen molar-refractivity contribution in [3.63, 3.8) is 0 Å². The fourth-order valence-corrected chi connectivity index (χ4v) is 5.40. The molecule has 9 nitrogen and oxygen atoms in total. The molecule has 3 heterocycles. The van der Waals surface area contributed by atoms with Crippen molar-refractivity contribution in [2.24, 2.45) is 0 Å². The first-order chi connectivity index (χ1) is 19.8. The van der Waals surface area contributed by atoms with Gasteiger partial charge in [0.05, 0.1) is 34.3 Å². The predicted octanol–water partition coefficient (Wildman–Crippen LogP) is 5.34. The molecule has 0 saturated heterocycles. The van der Waals surface area contributed by atoms with Gasteiger partial charge in [0.2, 0.25) is 11.9 Å². The fourth-order valence-electron chi connectivity index (χ4n) is 5.40. The van der Waals surface area contributed by atoms with E-state index < -0.39 is 0 Å². The Bertz CT molecular complexity index is 1660. The summed E-state index contributed by atoms with van der Waals surface area (Å²) in [5.74, 6) is 0.0998. The number of hydrogen-bond donors (Lipinski definition) is 2. The molecule has 0 spiro atoms. The van der Waals surface area contributed by atoms with Gasteiger partial charge in [-0.3, -0.25) is 4.79 Å². The molecule has 9 heteroatoms. The summed E-state index contributed by atoms with van der Waals surface area (Å²) in [6.07, 6.45) is 7.84. The van der Waals surface area contributed by atoms with E-state index in [2.05, 4.69) is 80.0 Å². The molecule has 0 atom stereocenters. The maximum Gasteiger partial charge on any atom is 0.247 e. The number of amides is 1. The maximum absolute atomic E-state index is 12.3. The molecule has 1 aliphatic rings. The van der Waals surface area contributed by atoms with Crippen molar-refractivity contribution in [3.8, 4) is 17.3 Å². The number of aromatic nitrogens is 3. The van der Waals surface area contributed by atoms with Gasteiger partial charge in [-0.2, -0.15) is 5.26 Å². The first kappa shape index (κ1) is 27.9. The standard InChI is InChI=1S/C32H36N8O/c1-6-21-16-28(39(5)15-14-38(3)4)27(35-29(41)7-2)17-26(21)36-32-34-19-23(18-33)30(37-32)25-20-40-13-9-11-22-10-8-12-24(25)31(22)40/h7-8,10,12,16-17,19-20H,2,6,9,11,13-15H2,1,3-5H3,(H,35,41)(H,34,36,37). The van der Waals surface area contributed by atoms with E-state index in [0.29, 0.717) is 22.9 Å². The van der Waals surface area contributed by atoms with E-state index >= 15 is 0 Å². The average molecular weight is 549 g/mol. The third-order valence-corrected chi connectivity index (χ3v) is 7.58. The molecule has 0 fully saturated rings. The number of carbonyl (C=O) groups is 1. The Morgan fingerprint density at radius 2 is 2.05 bits per heavy atom. The van der Waals surface area contributed by atoms with Crippen molar-refractivity contribution in [1.29, 1.82) is 5.26 Å². The molecule has 0 aliphatic carbocycles. The third kappa shape index (κ3) is 5.65. The summed E-state index contributed by atoms with van der Waals surface area (Å²) < 4.78 is 2.27. The highest BCUT2D eigenvalue weighted by Crippen LogP contribution is 2.37. The lowest BCUT2D eigenvalue weighted by atomic mass is 10.0. The van der Waals surface area contributed by atoms with Gasteiger partial charge < -0.3 is 25.0 Å². The molecule has 0 saturated carbocycles. The number of para-hydroxylation sites is 1. The lowest BCUT2D eigenvalue weighted by molar-refractivity contribution is -0.111. The van der Waals surface area contributed by atoms with Crippen LogP contribution in [0, 0.1) is 11.3 Å². The molecule has 41 heavy (non-hydrogen) atoms. The van der Waals surface area contributed by atoms with Crippen molar-refractivity contribution >= 4 is 39.8 Å². The quantitative estimate of drug-likeness (QED) is 0.258. The first-order valence-corrected chi connectivity index (χ1v) is 13.9. The number of rotatable bonds is 10. The number of aryl methyl sites for hydroxylation is 3. The molecule has 210 valence electrons. The van der Waals surface area contributed by atoms with Gasteiger partial charge in [-0.15, -0.1) is 0 Å². The van der Waals surface area contributed by atoms with E-state index in [4.69, 9.17) is 4.98 Å². The minimum Gasteiger partial charge on any atom is -0.372 e. The van der Waals surface area contributed by atoms with Gasteiger partial charge in [-0.05, 0) is 62.7 Å². The molecule has 4 aromatic rings. The average Bonchev–Trinajstić information content (AvgIpc) is 3.36. The van der Waals surface area contributed by atoms with E-state index in [1.54, 1.807) is 6.20 Å². The number of nitrogens with one attached hydrogen (secondary N) is 2. The first-order valence-electron chi connectivity index (χ1n) is 13.9. The minimum absolute atomic E-state index is 0.285. The summed E-state index contributed by atoms with van der Waals surface area (Å²) in [5.41, 5.74) is 7.92. The minimum atomic E-state index is -0.285. The Labute approximate surface area is 241 Å². The van der Waals surface area contributed by atoms with Gasteiger partial charge in [-0.25, -0.2) is 9.97 Å². The van der Waals surface area contributed by atoms with Crippen LogP contribution in [0.2, 0.25) is 0 Å². The lowest BCUT2D eigenvalue weighted by Gasteiger charge is -2.26. The molecule has 2 N–H and O–H groups in total. The number of nitrogens with zero attached hydrogens (tertiary/aromatic N) is 6. The largest absolute Gasteiger partial charge is 0.372 e. The van der Waals surface area contributed by atoms with Crippen LogP contribution in [-0.4, -0.2) is 59.6 Å². The number of carbonyl (C=O) groups excluding carboxylic acids is 1. The molecule has 0 unspecified atom stereocenters. The van der Waals surface area contributed by atoms with Crippen molar-refractivity contribution < 1.29 is 4.79 Å². The Balaban J connectivity index is 1.56. The molecule has 1 aliphatic heterocycles. The van der Waals surface area contributed by atoms with Crippen molar-refractivity contribution in [3.05, 3.63) is 72.1 Å². The van der Waals surface area contributed by atoms with Crippen LogP contribution in [0.3, 0.4) is 0 Å². The number of likely N-dealkylation sites (N-methyl/N-ethyl adjacent to an activating group) is 2. The van der Waals surface area contributed by atoms with E-state index in [0.717, 1.165) is 66.8 Å². The fraction of sp³-hybridized carbons (Fsp3) is 0.312. The van der Waals surface area contributed by atoms with E-state index in [1.807, 2.05) is 27.2 Å². The normalized spacial score (nSPS) is 12.3. The summed E-state index contributed by atoms with van der Waals surface area (Å²) >= 11 is 0. The van der Waals surface area contributed by atoms with Crippen LogP contribution in [0.4, 0.5) is 23.0 Å². The maximum atomic E-state index is 12.3. The molecular weight excluding hydrogens is 512 g/mol. The molecular formula is C32H36N8O. The van der Waals surface area contributed by atoms with Gasteiger partial charge >= 0.3 is 0 Å². The number of anilines is 4. The zero-order valence-corrected chi connectivity index (χ0v) is 24.2. The highest BCUT2D eigenvalue weighted by molar-refractivity contribution is 6.02. The Morgan fingerprint density at radius 3 is 2.78 bits per heavy atom. The van der Waals surface area contributed by atoms with Crippen LogP contribution >= 0.6 is 0 Å². The lowest BCUT2D eigenvalue weighted by Crippen LogP contribution is -2.29. The van der Waals surface area contributed by atoms with Gasteiger partial charge in [0, 0.05) is 49.5 Å². The van der Waals surface area contributed by atoms with Crippen LogP contribution in [0.15, 0.2) is 55.4 Å². The van der Waals surface area contributed by atoms with Gasteiger partial charge in [0.1, 0.15) is 6.07 Å². The summed E-state index contributed by atoms with van der Waals surface area (Å²) in [6.45, 7) is 8.30. The van der Waals surface area contributed by atoms with Crippen molar-refractivity contribution in [2.45, 2.75) is 32.7 Å². The monoisotopic (exact) mass is 548 g/mol. The van der Waals surface area contributed by atoms with Gasteiger partial charge in [0.15, 0.2) is 0 Å². The summed E-state index contributed by atoms with van der Waals surface area (Å²) in [4.78, 5) is 26.0. The highest BCUT2D eigenvalue weighted by atomic mass is 16.1. The Hall–Kier alpha value is -4.68.